The molecular weight excluding hydrogens is 449 g/mol. The highest BCUT2D eigenvalue weighted by atomic mass is 32.2. The molecule has 1 aliphatic rings. The molecule has 1 aromatic carbocycles. The van der Waals surface area contributed by atoms with Crippen molar-refractivity contribution in [3.63, 3.8) is 0 Å². The fourth-order valence-corrected chi connectivity index (χ4v) is 5.00. The van der Waals surface area contributed by atoms with E-state index in [0.29, 0.717) is 24.6 Å². The third kappa shape index (κ3) is 5.21. The van der Waals surface area contributed by atoms with Crippen LogP contribution in [0.15, 0.2) is 41.6 Å². The SMILES string of the molecule is COCCS(=O)(=O)c1ccc(Nc2ncc(F)c(-c3cnc(C)n3C3CCOCC3)n2)cc1. The Morgan fingerprint density at radius 2 is 1.91 bits per heavy atom. The Morgan fingerprint density at radius 3 is 2.61 bits per heavy atom. The summed E-state index contributed by atoms with van der Waals surface area (Å²) in [4.78, 5) is 13.0. The number of methoxy groups -OCH3 is 1. The van der Waals surface area contributed by atoms with Gasteiger partial charge in [-0.05, 0) is 44.0 Å². The van der Waals surface area contributed by atoms with Gasteiger partial charge in [-0.25, -0.2) is 27.8 Å². The number of ether oxygens (including phenoxy) is 2. The van der Waals surface area contributed by atoms with Crippen molar-refractivity contribution >= 4 is 21.5 Å². The lowest BCUT2D eigenvalue weighted by Gasteiger charge is -2.26. The molecule has 0 amide bonds. The van der Waals surface area contributed by atoms with Crippen molar-refractivity contribution in [1.82, 2.24) is 19.5 Å². The van der Waals surface area contributed by atoms with E-state index in [1.54, 1.807) is 18.3 Å². The number of halogens is 1. The van der Waals surface area contributed by atoms with E-state index in [1.165, 1.54) is 19.2 Å². The van der Waals surface area contributed by atoms with Crippen LogP contribution in [0.25, 0.3) is 11.4 Å². The number of hydrogen-bond acceptors (Lipinski definition) is 8. The van der Waals surface area contributed by atoms with Crippen LogP contribution < -0.4 is 5.32 Å². The molecule has 11 heteroatoms. The van der Waals surface area contributed by atoms with E-state index in [4.69, 9.17) is 9.47 Å². The molecule has 0 unspecified atom stereocenters. The molecule has 2 aromatic heterocycles. The highest BCUT2D eigenvalue weighted by Crippen LogP contribution is 2.31. The van der Waals surface area contributed by atoms with Crippen molar-refractivity contribution in [3.8, 4) is 11.4 Å². The zero-order valence-electron chi connectivity index (χ0n) is 18.5. The third-order valence-corrected chi connectivity index (χ3v) is 7.24. The average Bonchev–Trinajstić information content (AvgIpc) is 3.21. The highest BCUT2D eigenvalue weighted by molar-refractivity contribution is 7.91. The molecule has 3 heterocycles. The maximum absolute atomic E-state index is 14.7. The number of benzene rings is 1. The lowest BCUT2D eigenvalue weighted by molar-refractivity contribution is 0.0694. The van der Waals surface area contributed by atoms with Gasteiger partial charge >= 0.3 is 0 Å². The average molecular weight is 476 g/mol. The summed E-state index contributed by atoms with van der Waals surface area (Å²) >= 11 is 0. The Labute approximate surface area is 191 Å². The van der Waals surface area contributed by atoms with Crippen LogP contribution in [0, 0.1) is 12.7 Å². The van der Waals surface area contributed by atoms with Gasteiger partial charge in [0.15, 0.2) is 15.7 Å². The normalized spacial score (nSPS) is 15.0. The lowest BCUT2D eigenvalue weighted by Crippen LogP contribution is -2.21. The first kappa shape index (κ1) is 23.3. The summed E-state index contributed by atoms with van der Waals surface area (Å²) in [7, 11) is -1.97. The van der Waals surface area contributed by atoms with Gasteiger partial charge in [-0.3, -0.25) is 0 Å². The smallest absolute Gasteiger partial charge is 0.227 e. The van der Waals surface area contributed by atoms with Crippen molar-refractivity contribution in [2.75, 3.05) is 38.0 Å². The summed E-state index contributed by atoms with van der Waals surface area (Å²) in [5, 5.41) is 3.01. The van der Waals surface area contributed by atoms with Gasteiger partial charge in [0.1, 0.15) is 11.5 Å². The maximum Gasteiger partial charge on any atom is 0.227 e. The molecule has 3 aromatic rings. The summed E-state index contributed by atoms with van der Waals surface area (Å²) in [5.41, 5.74) is 1.31. The number of aromatic nitrogens is 4. The van der Waals surface area contributed by atoms with Gasteiger partial charge in [0.05, 0.1) is 35.3 Å². The number of imidazole rings is 1. The standard InChI is InChI=1S/C22H26FN5O4S/c1-15-24-14-20(28(15)17-7-9-32-10-8-17)21-19(23)13-25-22(27-21)26-16-3-5-18(6-4-16)33(29,30)12-11-31-2/h3-6,13-14,17H,7-12H2,1-2H3,(H,25,26,27). The van der Waals surface area contributed by atoms with E-state index >= 15 is 0 Å². The molecule has 0 bridgehead atoms. The Balaban J connectivity index is 1.58. The first-order valence-corrected chi connectivity index (χ1v) is 12.3. The predicted molar refractivity (Wildman–Crippen MR) is 121 cm³/mol. The Morgan fingerprint density at radius 1 is 1.18 bits per heavy atom. The fourth-order valence-electron chi connectivity index (χ4n) is 3.83. The van der Waals surface area contributed by atoms with E-state index in [0.717, 1.165) is 24.9 Å². The number of nitrogens with one attached hydrogen (secondary N) is 1. The molecule has 4 rings (SSSR count). The number of aryl methyl sites for hydroxylation is 1. The topological polar surface area (TPSA) is 108 Å². The van der Waals surface area contributed by atoms with Crippen molar-refractivity contribution in [2.45, 2.75) is 30.7 Å². The van der Waals surface area contributed by atoms with Crippen LogP contribution >= 0.6 is 0 Å². The molecule has 0 aliphatic carbocycles. The molecule has 9 nitrogen and oxygen atoms in total. The number of rotatable bonds is 8. The number of hydrogen-bond donors (Lipinski definition) is 1. The second-order valence-corrected chi connectivity index (χ2v) is 9.86. The summed E-state index contributed by atoms with van der Waals surface area (Å²) < 4.78 is 51.6. The molecule has 33 heavy (non-hydrogen) atoms. The Bertz CT molecular complexity index is 1210. The summed E-state index contributed by atoms with van der Waals surface area (Å²) in [5.74, 6) is 0.336. The van der Waals surface area contributed by atoms with Crippen molar-refractivity contribution in [1.29, 1.82) is 0 Å². The van der Waals surface area contributed by atoms with E-state index in [9.17, 15) is 12.8 Å². The van der Waals surface area contributed by atoms with Crippen LogP contribution in [0.4, 0.5) is 16.0 Å². The molecule has 0 radical (unpaired) electrons. The van der Waals surface area contributed by atoms with Gasteiger partial charge in [-0.1, -0.05) is 0 Å². The molecule has 0 saturated carbocycles. The minimum atomic E-state index is -3.43. The van der Waals surface area contributed by atoms with Crippen LogP contribution in [0.1, 0.15) is 24.7 Å². The van der Waals surface area contributed by atoms with E-state index in [2.05, 4.69) is 20.3 Å². The van der Waals surface area contributed by atoms with Gasteiger partial charge in [0.25, 0.3) is 0 Å². The molecule has 0 spiro atoms. The van der Waals surface area contributed by atoms with Crippen LogP contribution in [0.2, 0.25) is 0 Å². The van der Waals surface area contributed by atoms with Crippen LogP contribution in [0.5, 0.6) is 0 Å². The first-order chi connectivity index (χ1) is 15.9. The number of sulfone groups is 1. The maximum atomic E-state index is 14.7. The zero-order chi connectivity index (χ0) is 23.4. The van der Waals surface area contributed by atoms with E-state index < -0.39 is 15.7 Å². The lowest BCUT2D eigenvalue weighted by atomic mass is 10.1. The molecule has 0 atom stereocenters. The van der Waals surface area contributed by atoms with Crippen LogP contribution in [-0.2, 0) is 19.3 Å². The summed E-state index contributed by atoms with van der Waals surface area (Å²) in [6.45, 7) is 3.31. The number of anilines is 2. The molecule has 1 fully saturated rings. The van der Waals surface area contributed by atoms with E-state index in [1.807, 2.05) is 11.5 Å². The number of nitrogens with zero attached hydrogens (tertiary/aromatic N) is 4. The summed E-state index contributed by atoms with van der Waals surface area (Å²) in [6.07, 6.45) is 4.38. The third-order valence-electron chi connectivity index (χ3n) is 5.55. The molecule has 176 valence electrons. The van der Waals surface area contributed by atoms with Gasteiger partial charge in [0.2, 0.25) is 5.95 Å². The molecule has 1 saturated heterocycles. The zero-order valence-corrected chi connectivity index (χ0v) is 19.3. The largest absolute Gasteiger partial charge is 0.384 e. The monoisotopic (exact) mass is 475 g/mol. The van der Waals surface area contributed by atoms with Crippen molar-refractivity contribution in [2.24, 2.45) is 0 Å². The quantitative estimate of drug-likeness (QED) is 0.529. The second kappa shape index (κ2) is 9.94. The van der Waals surface area contributed by atoms with Gasteiger partial charge in [0, 0.05) is 32.1 Å². The fraction of sp³-hybridized carbons (Fsp3) is 0.409. The summed E-state index contributed by atoms with van der Waals surface area (Å²) in [6, 6.07) is 6.39. The van der Waals surface area contributed by atoms with Gasteiger partial charge in [-0.2, -0.15) is 0 Å². The second-order valence-electron chi connectivity index (χ2n) is 7.76. The predicted octanol–water partition coefficient (Wildman–Crippen LogP) is 3.30. The van der Waals surface area contributed by atoms with E-state index in [-0.39, 0.29) is 34.9 Å². The Hall–Kier alpha value is -2.89. The van der Waals surface area contributed by atoms with Gasteiger partial charge < -0.3 is 19.4 Å². The van der Waals surface area contributed by atoms with Gasteiger partial charge in [-0.15, -0.1) is 0 Å². The van der Waals surface area contributed by atoms with Crippen LogP contribution in [0.3, 0.4) is 0 Å². The first-order valence-electron chi connectivity index (χ1n) is 10.6. The molecule has 1 N–H and O–H groups in total. The van der Waals surface area contributed by atoms with Crippen molar-refractivity contribution in [3.05, 3.63) is 48.3 Å². The minimum absolute atomic E-state index is 0.0963. The molecular formula is C22H26FN5O4S. The minimum Gasteiger partial charge on any atom is -0.384 e. The van der Waals surface area contributed by atoms with Crippen molar-refractivity contribution < 1.29 is 22.3 Å². The van der Waals surface area contributed by atoms with Crippen LogP contribution in [-0.4, -0.2) is 60.6 Å². The molecule has 1 aliphatic heterocycles. The highest BCUT2D eigenvalue weighted by Gasteiger charge is 2.23. The Kier molecular flexibility index (Phi) is 7.01.